The molecular weight excluding hydrogens is 264 g/mol. The van der Waals surface area contributed by atoms with Crippen molar-refractivity contribution in [2.75, 3.05) is 0 Å². The molecule has 4 heteroatoms. The van der Waals surface area contributed by atoms with Crippen molar-refractivity contribution >= 4 is 11.8 Å². The van der Waals surface area contributed by atoms with Crippen LogP contribution in [0.3, 0.4) is 0 Å². The summed E-state index contributed by atoms with van der Waals surface area (Å²) < 4.78 is 0. The minimum Gasteiger partial charge on any atom is -0.326 e. The molecule has 0 bridgehead atoms. The van der Waals surface area contributed by atoms with Crippen LogP contribution in [0, 0.1) is 17.8 Å². The molecule has 1 saturated carbocycles. The number of amides is 2. The van der Waals surface area contributed by atoms with Gasteiger partial charge in [-0.15, -0.1) is 0 Å². The summed E-state index contributed by atoms with van der Waals surface area (Å²) in [6.45, 7) is 3.04. The van der Waals surface area contributed by atoms with Crippen molar-refractivity contribution in [2.45, 2.75) is 39.3 Å². The number of hydrogen-bond acceptors (Lipinski definition) is 3. The largest absolute Gasteiger partial charge is 0.326 e. The fourth-order valence-electron chi connectivity index (χ4n) is 3.65. The Balaban J connectivity index is 1.72. The van der Waals surface area contributed by atoms with E-state index in [0.717, 1.165) is 30.4 Å². The second kappa shape index (κ2) is 5.60. The molecule has 1 aromatic rings. The molecule has 0 spiro atoms. The van der Waals surface area contributed by atoms with E-state index in [9.17, 15) is 9.59 Å². The van der Waals surface area contributed by atoms with Crippen LogP contribution >= 0.6 is 0 Å². The zero-order valence-corrected chi connectivity index (χ0v) is 12.4. The fourth-order valence-corrected chi connectivity index (χ4v) is 3.65. The smallest absolute Gasteiger partial charge is 0.233 e. The highest BCUT2D eigenvalue weighted by molar-refractivity contribution is 6.05. The van der Waals surface area contributed by atoms with E-state index in [2.05, 4.69) is 6.92 Å². The molecule has 2 N–H and O–H groups in total. The van der Waals surface area contributed by atoms with E-state index in [1.54, 1.807) is 0 Å². The first-order valence-corrected chi connectivity index (χ1v) is 7.77. The molecule has 4 nitrogen and oxygen atoms in total. The lowest BCUT2D eigenvalue weighted by molar-refractivity contribution is -0.141. The number of fused-ring (bicyclic) bond motifs is 1. The van der Waals surface area contributed by atoms with Gasteiger partial charge in [-0.3, -0.25) is 14.5 Å². The Morgan fingerprint density at radius 1 is 1.05 bits per heavy atom. The zero-order chi connectivity index (χ0) is 15.0. The van der Waals surface area contributed by atoms with Gasteiger partial charge in [-0.25, -0.2) is 0 Å². The Labute approximate surface area is 125 Å². The van der Waals surface area contributed by atoms with Crippen molar-refractivity contribution in [1.82, 2.24) is 4.90 Å². The molecule has 2 atom stereocenters. The predicted octanol–water partition coefficient (Wildman–Crippen LogP) is 2.07. The maximum absolute atomic E-state index is 12.5. The molecule has 0 radical (unpaired) electrons. The van der Waals surface area contributed by atoms with Crippen molar-refractivity contribution in [1.29, 1.82) is 0 Å². The molecule has 2 aliphatic rings. The summed E-state index contributed by atoms with van der Waals surface area (Å²) in [6, 6.07) is 7.81. The normalized spacial score (nSPS) is 28.3. The zero-order valence-electron chi connectivity index (χ0n) is 12.4. The summed E-state index contributed by atoms with van der Waals surface area (Å²) >= 11 is 0. The van der Waals surface area contributed by atoms with E-state index in [1.807, 2.05) is 24.3 Å². The molecule has 2 unspecified atom stereocenters. The quantitative estimate of drug-likeness (QED) is 0.862. The average molecular weight is 286 g/mol. The minimum atomic E-state index is -0.0641. The van der Waals surface area contributed by atoms with E-state index in [0.29, 0.717) is 19.0 Å². The van der Waals surface area contributed by atoms with Gasteiger partial charge in [-0.05, 0) is 29.9 Å². The second-order valence-electron chi connectivity index (χ2n) is 6.24. The number of nitrogens with zero attached hydrogens (tertiary/aromatic N) is 1. The van der Waals surface area contributed by atoms with Gasteiger partial charge in [0.25, 0.3) is 0 Å². The van der Waals surface area contributed by atoms with E-state index in [1.165, 1.54) is 4.90 Å². The van der Waals surface area contributed by atoms with Crippen LogP contribution in [0.1, 0.15) is 37.3 Å². The van der Waals surface area contributed by atoms with Gasteiger partial charge >= 0.3 is 0 Å². The molecule has 21 heavy (non-hydrogen) atoms. The van der Waals surface area contributed by atoms with Crippen molar-refractivity contribution in [3.8, 4) is 0 Å². The predicted molar refractivity (Wildman–Crippen MR) is 79.9 cm³/mol. The third-order valence-corrected chi connectivity index (χ3v) is 5.00. The van der Waals surface area contributed by atoms with E-state index in [-0.39, 0.29) is 23.7 Å². The number of imide groups is 1. The van der Waals surface area contributed by atoms with Crippen LogP contribution in [0.15, 0.2) is 24.3 Å². The topological polar surface area (TPSA) is 63.4 Å². The third kappa shape index (κ3) is 2.48. The minimum absolute atomic E-state index is 0.0313. The Kier molecular flexibility index (Phi) is 3.81. The number of carbonyl (C=O) groups is 2. The van der Waals surface area contributed by atoms with Gasteiger partial charge in [-0.2, -0.15) is 0 Å². The third-order valence-electron chi connectivity index (χ3n) is 5.00. The SMILES string of the molecule is CCC1CC2C(=O)N(Cc3ccc(CN)cc3)C(=O)C2C1. The van der Waals surface area contributed by atoms with Crippen molar-refractivity contribution in [3.05, 3.63) is 35.4 Å². The van der Waals surface area contributed by atoms with Crippen molar-refractivity contribution in [2.24, 2.45) is 23.5 Å². The summed E-state index contributed by atoms with van der Waals surface area (Å²) in [4.78, 5) is 26.4. The van der Waals surface area contributed by atoms with Crippen LogP contribution in [0.5, 0.6) is 0 Å². The van der Waals surface area contributed by atoms with Crippen LogP contribution in [-0.2, 0) is 22.7 Å². The highest BCUT2D eigenvalue weighted by Crippen LogP contribution is 2.44. The molecule has 1 aromatic carbocycles. The van der Waals surface area contributed by atoms with Gasteiger partial charge in [-0.1, -0.05) is 37.6 Å². The second-order valence-corrected chi connectivity index (χ2v) is 6.24. The molecule has 1 saturated heterocycles. The number of hydrogen-bond donors (Lipinski definition) is 1. The molecule has 112 valence electrons. The van der Waals surface area contributed by atoms with Gasteiger partial charge in [0.1, 0.15) is 0 Å². The van der Waals surface area contributed by atoms with Gasteiger partial charge in [0.15, 0.2) is 0 Å². The van der Waals surface area contributed by atoms with E-state index in [4.69, 9.17) is 5.73 Å². The molecule has 2 fully saturated rings. The standard InChI is InChI=1S/C17H22N2O2/c1-2-11-7-14-15(8-11)17(21)19(16(14)20)10-13-5-3-12(9-18)4-6-13/h3-6,11,14-15H,2,7-10,18H2,1H3. The summed E-state index contributed by atoms with van der Waals surface area (Å²) in [7, 11) is 0. The van der Waals surface area contributed by atoms with Crippen LogP contribution in [-0.4, -0.2) is 16.7 Å². The van der Waals surface area contributed by atoms with Crippen LogP contribution in [0.25, 0.3) is 0 Å². The maximum Gasteiger partial charge on any atom is 0.233 e. The molecule has 3 rings (SSSR count). The highest BCUT2D eigenvalue weighted by atomic mass is 16.2. The highest BCUT2D eigenvalue weighted by Gasteiger charge is 2.51. The lowest BCUT2D eigenvalue weighted by Crippen LogP contribution is -2.31. The van der Waals surface area contributed by atoms with Crippen LogP contribution in [0.2, 0.25) is 0 Å². The van der Waals surface area contributed by atoms with Crippen LogP contribution < -0.4 is 5.73 Å². The maximum atomic E-state index is 12.5. The Morgan fingerprint density at radius 2 is 1.57 bits per heavy atom. The molecule has 1 aliphatic carbocycles. The number of carbonyl (C=O) groups excluding carboxylic acids is 2. The summed E-state index contributed by atoms with van der Waals surface area (Å²) in [5, 5.41) is 0. The van der Waals surface area contributed by atoms with E-state index < -0.39 is 0 Å². The number of nitrogens with two attached hydrogens (primary N) is 1. The van der Waals surface area contributed by atoms with Crippen LogP contribution in [0.4, 0.5) is 0 Å². The number of rotatable bonds is 4. The van der Waals surface area contributed by atoms with Gasteiger partial charge in [0, 0.05) is 6.54 Å². The Bertz CT molecular complexity index is 528. The molecular formula is C17H22N2O2. The number of likely N-dealkylation sites (tertiary alicyclic amines) is 1. The van der Waals surface area contributed by atoms with Crippen molar-refractivity contribution < 1.29 is 9.59 Å². The van der Waals surface area contributed by atoms with Gasteiger partial charge in [0.2, 0.25) is 11.8 Å². The summed E-state index contributed by atoms with van der Waals surface area (Å²) in [5.41, 5.74) is 7.62. The summed E-state index contributed by atoms with van der Waals surface area (Å²) in [5.74, 6) is 0.475. The first kappa shape index (κ1) is 14.3. The Hall–Kier alpha value is -1.68. The number of benzene rings is 1. The molecule has 1 aliphatic heterocycles. The summed E-state index contributed by atoms with van der Waals surface area (Å²) in [6.07, 6.45) is 2.83. The Morgan fingerprint density at radius 3 is 2.05 bits per heavy atom. The first-order chi connectivity index (χ1) is 10.1. The first-order valence-electron chi connectivity index (χ1n) is 7.77. The van der Waals surface area contributed by atoms with Gasteiger partial charge in [0.05, 0.1) is 18.4 Å². The molecule has 0 aromatic heterocycles. The average Bonchev–Trinajstić information content (AvgIpc) is 3.03. The van der Waals surface area contributed by atoms with Gasteiger partial charge < -0.3 is 5.73 Å². The monoisotopic (exact) mass is 286 g/mol. The lowest BCUT2D eigenvalue weighted by atomic mass is 10.00. The molecule has 2 amide bonds. The lowest BCUT2D eigenvalue weighted by Gasteiger charge is -2.17. The molecule has 1 heterocycles. The van der Waals surface area contributed by atoms with E-state index >= 15 is 0 Å². The fraction of sp³-hybridized carbons (Fsp3) is 0.529. The van der Waals surface area contributed by atoms with Crippen molar-refractivity contribution in [3.63, 3.8) is 0 Å².